The van der Waals surface area contributed by atoms with E-state index in [1.807, 2.05) is 6.20 Å². The van der Waals surface area contributed by atoms with Crippen LogP contribution in [0.3, 0.4) is 0 Å². The summed E-state index contributed by atoms with van der Waals surface area (Å²) in [4.78, 5) is 4.87. The Morgan fingerprint density at radius 3 is 2.11 bits per heavy atom. The SMILES string of the molecule is Cc1cc(C)c(-c2c(C)nn(-c3cc(Oc4ccc5c6ccccc6n(-c6cc(CC(C)C)ccn6)c5c4)cc(C(C)C)c3)c2-c2ccccc2)c(C)c1. The van der Waals surface area contributed by atoms with E-state index in [9.17, 15) is 0 Å². The van der Waals surface area contributed by atoms with Gasteiger partial charge in [0.1, 0.15) is 17.3 Å². The van der Waals surface area contributed by atoms with Crippen LogP contribution in [0.5, 0.6) is 11.5 Å². The van der Waals surface area contributed by atoms with Gasteiger partial charge in [-0.1, -0.05) is 93.9 Å². The number of pyridine rings is 1. The van der Waals surface area contributed by atoms with Gasteiger partial charge < -0.3 is 4.74 Å². The van der Waals surface area contributed by atoms with Gasteiger partial charge in [0.2, 0.25) is 0 Å². The molecule has 8 aromatic rings. The van der Waals surface area contributed by atoms with Crippen molar-refractivity contribution < 1.29 is 4.74 Å². The molecule has 5 aromatic carbocycles. The Balaban J connectivity index is 1.28. The minimum atomic E-state index is 0.277. The number of para-hydroxylation sites is 1. The highest BCUT2D eigenvalue weighted by Crippen LogP contribution is 2.42. The monoisotopic (exact) mass is 708 g/mol. The lowest BCUT2D eigenvalue weighted by Crippen LogP contribution is -2.03. The Kier molecular flexibility index (Phi) is 9.19. The van der Waals surface area contributed by atoms with Gasteiger partial charge in [-0.15, -0.1) is 0 Å². The van der Waals surface area contributed by atoms with Crippen molar-refractivity contribution in [2.75, 3.05) is 0 Å². The van der Waals surface area contributed by atoms with E-state index >= 15 is 0 Å². The molecular weight excluding hydrogens is 661 g/mol. The molecule has 0 radical (unpaired) electrons. The van der Waals surface area contributed by atoms with E-state index in [1.165, 1.54) is 44.2 Å². The van der Waals surface area contributed by atoms with Gasteiger partial charge in [-0.05, 0) is 116 Å². The maximum atomic E-state index is 6.85. The van der Waals surface area contributed by atoms with Crippen LogP contribution in [0.1, 0.15) is 67.1 Å². The molecule has 0 atom stereocenters. The van der Waals surface area contributed by atoms with Crippen molar-refractivity contribution in [3.63, 3.8) is 0 Å². The third kappa shape index (κ3) is 6.49. The number of aromatic nitrogens is 4. The molecule has 0 aliphatic carbocycles. The van der Waals surface area contributed by atoms with Crippen molar-refractivity contribution in [2.45, 2.75) is 67.7 Å². The molecule has 0 bridgehead atoms. The minimum Gasteiger partial charge on any atom is -0.457 e. The highest BCUT2D eigenvalue weighted by Gasteiger charge is 2.24. The third-order valence-corrected chi connectivity index (χ3v) is 10.4. The molecule has 5 heteroatoms. The first kappa shape index (κ1) is 35.1. The fourth-order valence-electron chi connectivity index (χ4n) is 8.15. The number of fused-ring (bicyclic) bond motifs is 3. The van der Waals surface area contributed by atoms with E-state index in [1.54, 1.807) is 0 Å². The zero-order valence-electron chi connectivity index (χ0n) is 32.6. The van der Waals surface area contributed by atoms with Crippen LogP contribution >= 0.6 is 0 Å². The van der Waals surface area contributed by atoms with Crippen molar-refractivity contribution in [1.29, 1.82) is 0 Å². The van der Waals surface area contributed by atoms with Crippen molar-refractivity contribution in [3.8, 4) is 45.4 Å². The zero-order valence-corrected chi connectivity index (χ0v) is 32.6. The molecule has 0 saturated carbocycles. The maximum Gasteiger partial charge on any atom is 0.137 e. The second kappa shape index (κ2) is 14.1. The summed E-state index contributed by atoms with van der Waals surface area (Å²) < 4.78 is 11.2. The van der Waals surface area contributed by atoms with E-state index in [2.05, 4.69) is 180 Å². The van der Waals surface area contributed by atoms with Crippen LogP contribution in [-0.4, -0.2) is 19.3 Å². The van der Waals surface area contributed by atoms with Gasteiger partial charge in [0, 0.05) is 40.2 Å². The third-order valence-electron chi connectivity index (χ3n) is 10.4. The first-order chi connectivity index (χ1) is 26.0. The molecule has 8 rings (SSSR count). The van der Waals surface area contributed by atoms with Crippen molar-refractivity contribution in [2.24, 2.45) is 5.92 Å². The van der Waals surface area contributed by atoms with Crippen molar-refractivity contribution in [1.82, 2.24) is 19.3 Å². The van der Waals surface area contributed by atoms with Crippen LogP contribution in [0.2, 0.25) is 0 Å². The molecule has 0 amide bonds. The van der Waals surface area contributed by atoms with Gasteiger partial charge in [-0.25, -0.2) is 9.67 Å². The molecule has 54 heavy (non-hydrogen) atoms. The Bertz CT molecular complexity index is 2640. The summed E-state index contributed by atoms with van der Waals surface area (Å²) in [5.74, 6) is 3.29. The second-order valence-electron chi connectivity index (χ2n) is 15.5. The number of ether oxygens (including phenoxy) is 1. The molecular formula is C49H48N4O. The van der Waals surface area contributed by atoms with Gasteiger partial charge in [0.25, 0.3) is 0 Å². The van der Waals surface area contributed by atoms with E-state index < -0.39 is 0 Å². The molecule has 5 nitrogen and oxygen atoms in total. The quantitative estimate of drug-likeness (QED) is 0.150. The molecule has 0 N–H and O–H groups in total. The normalized spacial score (nSPS) is 11.7. The molecule has 3 heterocycles. The van der Waals surface area contributed by atoms with Crippen LogP contribution < -0.4 is 4.74 Å². The molecule has 0 saturated heterocycles. The molecule has 0 aliphatic heterocycles. The van der Waals surface area contributed by atoms with Crippen LogP contribution in [0.15, 0.2) is 121 Å². The van der Waals surface area contributed by atoms with Gasteiger partial charge >= 0.3 is 0 Å². The van der Waals surface area contributed by atoms with Gasteiger partial charge in [-0.3, -0.25) is 4.57 Å². The van der Waals surface area contributed by atoms with Crippen LogP contribution in [0.4, 0.5) is 0 Å². The van der Waals surface area contributed by atoms with Crippen LogP contribution in [0.25, 0.3) is 55.7 Å². The lowest BCUT2D eigenvalue weighted by molar-refractivity contribution is 0.481. The van der Waals surface area contributed by atoms with E-state index in [0.29, 0.717) is 5.92 Å². The average molecular weight is 709 g/mol. The number of hydrogen-bond donors (Lipinski definition) is 0. The predicted octanol–water partition coefficient (Wildman–Crippen LogP) is 13.0. The van der Waals surface area contributed by atoms with Crippen molar-refractivity contribution >= 4 is 21.8 Å². The van der Waals surface area contributed by atoms with Crippen LogP contribution in [-0.2, 0) is 6.42 Å². The second-order valence-corrected chi connectivity index (χ2v) is 15.5. The fraction of sp³-hybridized carbons (Fsp3) is 0.224. The lowest BCUT2D eigenvalue weighted by Gasteiger charge is -2.17. The average Bonchev–Trinajstić information content (AvgIpc) is 3.65. The fourth-order valence-corrected chi connectivity index (χ4v) is 8.15. The summed E-state index contributed by atoms with van der Waals surface area (Å²) in [7, 11) is 0. The number of benzene rings is 5. The minimum absolute atomic E-state index is 0.277. The Hall–Kier alpha value is -5.94. The topological polar surface area (TPSA) is 44.9 Å². The van der Waals surface area contributed by atoms with E-state index in [-0.39, 0.29) is 5.92 Å². The standard InChI is InChI=1S/C49H48N4O/c1-30(2)22-36-20-21-50-46(25-36)52-44-17-13-12-16-42(44)43-19-18-40(29-45(43)52)54-41-27-38(31(3)4)26-39(28-41)53-49(37-14-10-9-11-15-37)48(35(8)51-53)47-33(6)23-32(5)24-34(47)7/h9-21,23-31H,22H2,1-8H3. The Morgan fingerprint density at radius 1 is 0.648 bits per heavy atom. The first-order valence-electron chi connectivity index (χ1n) is 19.1. The van der Waals surface area contributed by atoms with Gasteiger partial charge in [0.15, 0.2) is 0 Å². The van der Waals surface area contributed by atoms with E-state index in [0.717, 1.165) is 63.0 Å². The molecule has 270 valence electrons. The molecule has 0 spiro atoms. The highest BCUT2D eigenvalue weighted by atomic mass is 16.5. The number of hydrogen-bond acceptors (Lipinski definition) is 3. The van der Waals surface area contributed by atoms with E-state index in [4.69, 9.17) is 14.8 Å². The summed E-state index contributed by atoms with van der Waals surface area (Å²) >= 11 is 0. The first-order valence-corrected chi connectivity index (χ1v) is 19.1. The summed E-state index contributed by atoms with van der Waals surface area (Å²) in [6, 6.07) is 41.1. The summed E-state index contributed by atoms with van der Waals surface area (Å²) in [6.07, 6.45) is 2.93. The number of rotatable bonds is 9. The molecule has 0 unspecified atom stereocenters. The van der Waals surface area contributed by atoms with Gasteiger partial charge in [-0.2, -0.15) is 5.10 Å². The molecule has 3 aromatic heterocycles. The molecule has 0 fully saturated rings. The number of aryl methyl sites for hydroxylation is 4. The smallest absolute Gasteiger partial charge is 0.137 e. The Labute approximate surface area is 318 Å². The summed E-state index contributed by atoms with van der Waals surface area (Å²) in [6.45, 7) is 17.7. The zero-order chi connectivity index (χ0) is 37.7. The summed E-state index contributed by atoms with van der Waals surface area (Å²) in [5.41, 5.74) is 15.0. The Morgan fingerprint density at radius 2 is 1.37 bits per heavy atom. The summed E-state index contributed by atoms with van der Waals surface area (Å²) in [5, 5.41) is 7.63. The number of nitrogens with zero attached hydrogens (tertiary/aromatic N) is 4. The highest BCUT2D eigenvalue weighted by molar-refractivity contribution is 6.09. The predicted molar refractivity (Wildman–Crippen MR) is 225 cm³/mol. The van der Waals surface area contributed by atoms with Crippen molar-refractivity contribution in [3.05, 3.63) is 155 Å². The lowest BCUT2D eigenvalue weighted by atomic mass is 9.90. The maximum absolute atomic E-state index is 6.85. The largest absolute Gasteiger partial charge is 0.457 e. The van der Waals surface area contributed by atoms with Crippen LogP contribution in [0, 0.1) is 33.6 Å². The van der Waals surface area contributed by atoms with Gasteiger partial charge in [0.05, 0.1) is 28.1 Å². The molecule has 0 aliphatic rings.